The van der Waals surface area contributed by atoms with Gasteiger partial charge in [-0.3, -0.25) is 14.7 Å². The van der Waals surface area contributed by atoms with Crippen LogP contribution in [0.3, 0.4) is 0 Å². The number of fused-ring (bicyclic) bond motifs is 2. The first-order valence-corrected chi connectivity index (χ1v) is 10.8. The zero-order chi connectivity index (χ0) is 21.9. The number of ketones is 1. The van der Waals surface area contributed by atoms with E-state index in [-0.39, 0.29) is 5.78 Å². The number of likely N-dealkylation sites (N-methyl/N-ethyl adjacent to an activating group) is 1. The summed E-state index contributed by atoms with van der Waals surface area (Å²) < 4.78 is 1.95. The number of aryl methyl sites for hydroxylation is 2. The number of carbonyl (C=O) groups is 1. The van der Waals surface area contributed by atoms with Gasteiger partial charge in [-0.05, 0) is 58.5 Å². The third-order valence-electron chi connectivity index (χ3n) is 6.52. The minimum absolute atomic E-state index is 0.0580. The molecule has 0 unspecified atom stereocenters. The lowest BCUT2D eigenvalue weighted by atomic mass is 9.93. The Balaban J connectivity index is 1.50. The molecule has 2 atom stereocenters. The molecule has 0 N–H and O–H groups in total. The molecule has 7 nitrogen and oxygen atoms in total. The lowest BCUT2D eigenvalue weighted by molar-refractivity contribution is -0.113. The molecule has 0 spiro atoms. The van der Waals surface area contributed by atoms with Crippen LogP contribution in [-0.2, 0) is 11.2 Å². The molecule has 1 fully saturated rings. The van der Waals surface area contributed by atoms with E-state index in [1.54, 1.807) is 0 Å². The van der Waals surface area contributed by atoms with Gasteiger partial charge >= 0.3 is 0 Å². The van der Waals surface area contributed by atoms with Crippen LogP contribution < -0.4 is 4.90 Å². The second-order valence-electron chi connectivity index (χ2n) is 8.98. The van der Waals surface area contributed by atoms with E-state index in [0.29, 0.717) is 29.8 Å². The van der Waals surface area contributed by atoms with Gasteiger partial charge in [0.2, 0.25) is 0 Å². The van der Waals surface area contributed by atoms with Crippen LogP contribution in [0, 0.1) is 13.8 Å². The van der Waals surface area contributed by atoms with Crippen LogP contribution in [-0.4, -0.2) is 62.3 Å². The van der Waals surface area contributed by atoms with Crippen molar-refractivity contribution in [1.82, 2.24) is 24.3 Å². The fraction of sp³-hybridized carbons (Fsp3) is 0.417. The maximum absolute atomic E-state index is 13.0. The largest absolute Gasteiger partial charge is 0.351 e. The lowest BCUT2D eigenvalue weighted by Gasteiger charge is -2.43. The van der Waals surface area contributed by atoms with Gasteiger partial charge in [0.25, 0.3) is 0 Å². The van der Waals surface area contributed by atoms with Gasteiger partial charge in [0, 0.05) is 43.1 Å². The van der Waals surface area contributed by atoms with Crippen molar-refractivity contribution >= 4 is 28.9 Å². The fourth-order valence-electron chi connectivity index (χ4n) is 4.69. The minimum Gasteiger partial charge on any atom is -0.351 e. The summed E-state index contributed by atoms with van der Waals surface area (Å²) in [5.41, 5.74) is 5.75. The third-order valence-corrected chi connectivity index (χ3v) is 6.52. The summed E-state index contributed by atoms with van der Waals surface area (Å²) in [5.74, 6) is 1.02. The van der Waals surface area contributed by atoms with Gasteiger partial charge in [-0.15, -0.1) is 0 Å². The highest BCUT2D eigenvalue weighted by Crippen LogP contribution is 2.30. The molecule has 1 aliphatic carbocycles. The molecule has 1 aliphatic heterocycles. The second kappa shape index (κ2) is 7.27. The molecule has 2 aliphatic rings. The molecule has 0 amide bonds. The van der Waals surface area contributed by atoms with Gasteiger partial charge in [0.1, 0.15) is 5.82 Å². The van der Waals surface area contributed by atoms with Gasteiger partial charge in [-0.1, -0.05) is 0 Å². The average molecular weight is 417 g/mol. The van der Waals surface area contributed by atoms with Crippen LogP contribution in [0.4, 0.5) is 5.82 Å². The minimum atomic E-state index is 0.0580. The smallest absolute Gasteiger partial charge is 0.171 e. The topological polar surface area (TPSA) is 66.6 Å². The molecule has 7 heteroatoms. The van der Waals surface area contributed by atoms with Crippen molar-refractivity contribution in [3.05, 3.63) is 52.9 Å². The van der Waals surface area contributed by atoms with Crippen LogP contribution >= 0.6 is 0 Å². The number of hydrogen-bond acceptors (Lipinski definition) is 6. The molecule has 4 heterocycles. The van der Waals surface area contributed by atoms with E-state index in [0.717, 1.165) is 47.2 Å². The number of carbonyl (C=O) groups excluding carboxylic acids is 1. The predicted octanol–water partition coefficient (Wildman–Crippen LogP) is 2.94. The summed E-state index contributed by atoms with van der Waals surface area (Å²) in [4.78, 5) is 31.9. The number of allylic oxidation sites excluding steroid dienone is 1. The van der Waals surface area contributed by atoms with E-state index >= 15 is 0 Å². The highest BCUT2D eigenvalue weighted by Gasteiger charge is 2.29. The van der Waals surface area contributed by atoms with Crippen LogP contribution in [0.5, 0.6) is 0 Å². The number of aromatic nitrogens is 4. The fourth-order valence-corrected chi connectivity index (χ4v) is 4.69. The highest BCUT2D eigenvalue weighted by molar-refractivity contribution is 6.27. The summed E-state index contributed by atoms with van der Waals surface area (Å²) in [5, 5.41) is 0. The second-order valence-corrected chi connectivity index (χ2v) is 8.98. The molecular weight excluding hydrogens is 388 g/mol. The lowest BCUT2D eigenvalue weighted by Crippen LogP contribution is -2.55. The molecule has 0 aromatic carbocycles. The first-order valence-electron chi connectivity index (χ1n) is 10.8. The monoisotopic (exact) mass is 416 g/mol. The third kappa shape index (κ3) is 3.43. The van der Waals surface area contributed by atoms with Crippen molar-refractivity contribution in [3.63, 3.8) is 0 Å². The Hall–Kier alpha value is -3.06. The van der Waals surface area contributed by atoms with Crippen molar-refractivity contribution in [2.45, 2.75) is 46.2 Å². The molecule has 0 saturated carbocycles. The Morgan fingerprint density at radius 1 is 1.00 bits per heavy atom. The van der Waals surface area contributed by atoms with E-state index in [1.165, 1.54) is 0 Å². The van der Waals surface area contributed by atoms with E-state index in [4.69, 9.17) is 9.97 Å². The number of anilines is 1. The number of imidazole rings is 1. The van der Waals surface area contributed by atoms with Crippen LogP contribution in [0.2, 0.25) is 0 Å². The first kappa shape index (κ1) is 19.9. The van der Waals surface area contributed by atoms with E-state index < -0.39 is 0 Å². The van der Waals surface area contributed by atoms with Crippen molar-refractivity contribution in [1.29, 1.82) is 0 Å². The molecule has 0 radical (unpaired) electrons. The number of Topliss-reactive ketones (excluding diaryl/α,β-unsaturated/α-hetero) is 1. The van der Waals surface area contributed by atoms with Crippen molar-refractivity contribution in [2.24, 2.45) is 0 Å². The normalized spacial score (nSPS) is 22.0. The number of nitrogens with zero attached hydrogens (tertiary/aromatic N) is 6. The molecular formula is C24H28N6O. The van der Waals surface area contributed by atoms with Crippen LogP contribution in [0.15, 0.2) is 24.5 Å². The molecule has 5 rings (SSSR count). The van der Waals surface area contributed by atoms with Crippen molar-refractivity contribution in [3.8, 4) is 0 Å². The zero-order valence-electron chi connectivity index (χ0n) is 18.8. The Morgan fingerprint density at radius 2 is 1.81 bits per heavy atom. The number of piperazine rings is 1. The standard InChI is InChI=1S/C24H28N6O/c1-14-10-29-13-21(27-24(29)17(4)25-14)19-8-18-6-7-23(26-20(18)9-22(19)31)30-12-15(2)28(5)11-16(30)3/h6-8,10,13,15-16H,9,11-12H2,1-5H3/t15-,16+/m0/s1. The van der Waals surface area contributed by atoms with E-state index in [1.807, 2.05) is 36.7 Å². The van der Waals surface area contributed by atoms with Gasteiger partial charge in [0.05, 0.1) is 29.2 Å². The SMILES string of the molecule is Cc1cn2cc(C3=Cc4ccc(N5C[C@H](C)N(C)C[C@H]5C)nc4CC3=O)nc2c(C)n1. The molecule has 3 aromatic rings. The molecule has 31 heavy (non-hydrogen) atoms. The Kier molecular flexibility index (Phi) is 4.66. The summed E-state index contributed by atoms with van der Waals surface area (Å²) in [6.45, 7) is 10.3. The number of hydrogen-bond donors (Lipinski definition) is 0. The summed E-state index contributed by atoms with van der Waals surface area (Å²) in [6.07, 6.45) is 6.09. The summed E-state index contributed by atoms with van der Waals surface area (Å²) >= 11 is 0. The Morgan fingerprint density at radius 3 is 2.61 bits per heavy atom. The maximum atomic E-state index is 13.0. The van der Waals surface area contributed by atoms with Gasteiger partial charge in [-0.2, -0.15) is 0 Å². The molecule has 0 bridgehead atoms. The number of pyridine rings is 1. The van der Waals surface area contributed by atoms with Crippen molar-refractivity contribution < 1.29 is 4.79 Å². The van der Waals surface area contributed by atoms with Crippen LogP contribution in [0.1, 0.15) is 42.2 Å². The van der Waals surface area contributed by atoms with Gasteiger partial charge in [-0.25, -0.2) is 9.97 Å². The highest BCUT2D eigenvalue weighted by atomic mass is 16.1. The average Bonchev–Trinajstić information content (AvgIpc) is 3.14. The van der Waals surface area contributed by atoms with Gasteiger partial charge < -0.3 is 9.30 Å². The molecule has 1 saturated heterocycles. The number of rotatable bonds is 2. The predicted molar refractivity (Wildman–Crippen MR) is 122 cm³/mol. The Bertz CT molecular complexity index is 1230. The van der Waals surface area contributed by atoms with Crippen LogP contribution in [0.25, 0.3) is 17.3 Å². The molecule has 160 valence electrons. The first-order chi connectivity index (χ1) is 14.8. The van der Waals surface area contributed by atoms with E-state index in [2.05, 4.69) is 47.8 Å². The zero-order valence-corrected chi connectivity index (χ0v) is 18.8. The van der Waals surface area contributed by atoms with Gasteiger partial charge in [0.15, 0.2) is 11.4 Å². The van der Waals surface area contributed by atoms with Crippen molar-refractivity contribution in [2.75, 3.05) is 25.0 Å². The summed E-state index contributed by atoms with van der Waals surface area (Å²) in [6, 6.07) is 5.03. The maximum Gasteiger partial charge on any atom is 0.171 e. The quantitative estimate of drug-likeness (QED) is 0.640. The Labute approximate surface area is 182 Å². The summed E-state index contributed by atoms with van der Waals surface area (Å²) in [7, 11) is 2.17. The van der Waals surface area contributed by atoms with E-state index in [9.17, 15) is 4.79 Å². The molecule has 3 aromatic heterocycles.